The summed E-state index contributed by atoms with van der Waals surface area (Å²) in [7, 11) is 0. The van der Waals surface area contributed by atoms with Gasteiger partial charge in [-0.25, -0.2) is 0 Å². The highest BCUT2D eigenvalue weighted by Crippen LogP contribution is 2.32. The average molecular weight is 493 g/mol. The van der Waals surface area contributed by atoms with Crippen LogP contribution in [0.15, 0.2) is 36.4 Å². The van der Waals surface area contributed by atoms with Gasteiger partial charge < -0.3 is 19.9 Å². The van der Waals surface area contributed by atoms with Crippen molar-refractivity contribution in [2.75, 3.05) is 44.2 Å². The number of carbonyl (C=O) groups is 3. The molecule has 0 radical (unpaired) electrons. The van der Waals surface area contributed by atoms with E-state index < -0.39 is 23.6 Å². The van der Waals surface area contributed by atoms with Crippen LogP contribution in [-0.4, -0.2) is 72.2 Å². The van der Waals surface area contributed by atoms with Gasteiger partial charge in [-0.1, -0.05) is 12.1 Å². The number of piperazine rings is 1. The molecule has 2 amide bonds. The number of carbonyl (C=O) groups excluding carboxylic acids is 3. The number of nitrogens with zero attached hydrogens (tertiary/aromatic N) is 4. The fourth-order valence-corrected chi connectivity index (χ4v) is 3.60. The molecular formula is C23H26F3N5O4. The molecule has 2 heterocycles. The molecule has 12 heteroatoms. The molecule has 0 unspecified atom stereocenters. The Morgan fingerprint density at radius 2 is 1.74 bits per heavy atom. The predicted molar refractivity (Wildman–Crippen MR) is 120 cm³/mol. The van der Waals surface area contributed by atoms with E-state index in [0.29, 0.717) is 31.9 Å². The molecule has 9 nitrogen and oxygen atoms in total. The first-order valence-electron chi connectivity index (χ1n) is 11.2. The molecule has 3 rings (SSSR count). The average Bonchev–Trinajstić information content (AvgIpc) is 2.86. The molecular weight excluding hydrogens is 467 g/mol. The third-order valence-corrected chi connectivity index (χ3v) is 5.39. The van der Waals surface area contributed by atoms with Gasteiger partial charge in [-0.15, -0.1) is 10.2 Å². The Hall–Kier alpha value is -3.70. The van der Waals surface area contributed by atoms with Gasteiger partial charge in [0.2, 0.25) is 0 Å². The number of hydrogen-bond donors (Lipinski definition) is 1. The molecule has 0 atom stereocenters. The summed E-state index contributed by atoms with van der Waals surface area (Å²) < 4.78 is 44.6. The van der Waals surface area contributed by atoms with Crippen LogP contribution in [0.4, 0.5) is 19.0 Å². The Bertz CT molecular complexity index is 1040. The minimum absolute atomic E-state index is 0.113. The van der Waals surface area contributed by atoms with Crippen molar-refractivity contribution >= 4 is 23.6 Å². The van der Waals surface area contributed by atoms with E-state index in [1.165, 1.54) is 29.2 Å². The number of benzene rings is 1. The number of amides is 2. The lowest BCUT2D eigenvalue weighted by atomic mass is 10.1. The molecule has 1 aliphatic heterocycles. The fourth-order valence-electron chi connectivity index (χ4n) is 3.60. The summed E-state index contributed by atoms with van der Waals surface area (Å²) in [6.07, 6.45) is -3.97. The molecule has 0 saturated carbocycles. The zero-order valence-corrected chi connectivity index (χ0v) is 19.2. The number of anilines is 1. The molecule has 1 aliphatic rings. The number of hydrogen-bond acceptors (Lipinski definition) is 7. The Balaban J connectivity index is 1.51. The molecule has 1 aromatic carbocycles. The second-order valence-corrected chi connectivity index (χ2v) is 7.76. The van der Waals surface area contributed by atoms with Gasteiger partial charge in [0.1, 0.15) is 0 Å². The van der Waals surface area contributed by atoms with E-state index in [2.05, 4.69) is 15.5 Å². The summed E-state index contributed by atoms with van der Waals surface area (Å²) >= 11 is 0. The minimum atomic E-state index is -4.61. The van der Waals surface area contributed by atoms with Gasteiger partial charge in [-0.2, -0.15) is 13.2 Å². The van der Waals surface area contributed by atoms with E-state index in [-0.39, 0.29) is 43.3 Å². The molecule has 35 heavy (non-hydrogen) atoms. The number of nitrogens with one attached hydrogen (secondary N) is 1. The number of alkyl halides is 3. The molecule has 188 valence electrons. The fraction of sp³-hybridized carbons (Fsp3) is 0.435. The van der Waals surface area contributed by atoms with Gasteiger partial charge in [0.05, 0.1) is 17.7 Å². The third-order valence-electron chi connectivity index (χ3n) is 5.39. The lowest BCUT2D eigenvalue weighted by Crippen LogP contribution is -2.49. The van der Waals surface area contributed by atoms with E-state index in [1.807, 2.05) is 4.90 Å². The Morgan fingerprint density at radius 3 is 2.37 bits per heavy atom. The number of esters is 1. The van der Waals surface area contributed by atoms with Crippen molar-refractivity contribution in [1.29, 1.82) is 0 Å². The van der Waals surface area contributed by atoms with Crippen LogP contribution in [0, 0.1) is 0 Å². The molecule has 0 spiro atoms. The molecule has 1 saturated heterocycles. The lowest BCUT2D eigenvalue weighted by molar-refractivity contribution is -0.143. The zero-order chi connectivity index (χ0) is 25.4. The van der Waals surface area contributed by atoms with Crippen LogP contribution in [0.2, 0.25) is 0 Å². The van der Waals surface area contributed by atoms with Gasteiger partial charge >= 0.3 is 12.1 Å². The molecule has 2 aromatic rings. The summed E-state index contributed by atoms with van der Waals surface area (Å²) in [5, 5.41) is 10.7. The highest BCUT2D eigenvalue weighted by atomic mass is 19.4. The topological polar surface area (TPSA) is 105 Å². The maximum absolute atomic E-state index is 13.3. The highest BCUT2D eigenvalue weighted by Gasteiger charge is 2.36. The first kappa shape index (κ1) is 25.9. The quantitative estimate of drug-likeness (QED) is 0.445. The first-order valence-corrected chi connectivity index (χ1v) is 11.2. The number of aromatic nitrogens is 2. The van der Waals surface area contributed by atoms with E-state index in [4.69, 9.17) is 4.74 Å². The van der Waals surface area contributed by atoms with Crippen LogP contribution in [0.5, 0.6) is 0 Å². The molecule has 1 fully saturated rings. The number of ether oxygens (including phenoxy) is 1. The van der Waals surface area contributed by atoms with Crippen LogP contribution in [-0.2, 0) is 15.7 Å². The Morgan fingerprint density at radius 1 is 1.03 bits per heavy atom. The van der Waals surface area contributed by atoms with Gasteiger partial charge in [0, 0.05) is 39.1 Å². The van der Waals surface area contributed by atoms with Crippen molar-refractivity contribution in [2.45, 2.75) is 25.9 Å². The smallest absolute Gasteiger partial charge is 0.417 e. The van der Waals surface area contributed by atoms with Crippen LogP contribution >= 0.6 is 0 Å². The second-order valence-electron chi connectivity index (χ2n) is 7.76. The van der Waals surface area contributed by atoms with Crippen LogP contribution < -0.4 is 10.2 Å². The third kappa shape index (κ3) is 6.90. The van der Waals surface area contributed by atoms with Crippen molar-refractivity contribution in [3.8, 4) is 0 Å². The van der Waals surface area contributed by atoms with Crippen LogP contribution in [0.25, 0.3) is 0 Å². The van der Waals surface area contributed by atoms with Crippen LogP contribution in [0.1, 0.15) is 46.2 Å². The normalized spacial score (nSPS) is 13.9. The summed E-state index contributed by atoms with van der Waals surface area (Å²) in [6.45, 7) is 3.46. The van der Waals surface area contributed by atoms with Crippen molar-refractivity contribution in [2.24, 2.45) is 0 Å². The largest absolute Gasteiger partial charge is 0.466 e. The van der Waals surface area contributed by atoms with Crippen molar-refractivity contribution < 1.29 is 32.3 Å². The summed E-state index contributed by atoms with van der Waals surface area (Å²) in [6, 6.07) is 7.88. The number of rotatable bonds is 8. The maximum atomic E-state index is 13.3. The predicted octanol–water partition coefficient (Wildman–Crippen LogP) is 2.53. The van der Waals surface area contributed by atoms with Gasteiger partial charge in [0.25, 0.3) is 11.8 Å². The minimum Gasteiger partial charge on any atom is -0.466 e. The zero-order valence-electron chi connectivity index (χ0n) is 19.2. The Labute approximate surface area is 200 Å². The van der Waals surface area contributed by atoms with E-state index in [9.17, 15) is 27.6 Å². The van der Waals surface area contributed by atoms with Gasteiger partial charge in [-0.3, -0.25) is 14.4 Å². The summed E-state index contributed by atoms with van der Waals surface area (Å²) in [4.78, 5) is 39.4. The van der Waals surface area contributed by atoms with Crippen molar-refractivity contribution in [1.82, 2.24) is 20.4 Å². The monoisotopic (exact) mass is 493 g/mol. The molecule has 1 N–H and O–H groups in total. The van der Waals surface area contributed by atoms with Gasteiger partial charge in [0.15, 0.2) is 11.5 Å². The number of halogens is 3. The molecule has 0 bridgehead atoms. The molecule has 0 aliphatic carbocycles. The maximum Gasteiger partial charge on any atom is 0.417 e. The van der Waals surface area contributed by atoms with E-state index in [1.54, 1.807) is 13.0 Å². The van der Waals surface area contributed by atoms with Gasteiger partial charge in [-0.05, 0) is 37.6 Å². The summed E-state index contributed by atoms with van der Waals surface area (Å²) in [5.41, 5.74) is -1.21. The van der Waals surface area contributed by atoms with Crippen LogP contribution in [0.3, 0.4) is 0 Å². The summed E-state index contributed by atoms with van der Waals surface area (Å²) in [5.74, 6) is -0.922. The van der Waals surface area contributed by atoms with E-state index in [0.717, 1.165) is 6.07 Å². The first-order chi connectivity index (χ1) is 16.7. The SMILES string of the molecule is CCOC(=O)CCCNC(=O)c1ccc(N2CCN(C(=O)c3ccccc3C(F)(F)F)CC2)nn1. The second kappa shape index (κ2) is 11.6. The lowest BCUT2D eigenvalue weighted by Gasteiger charge is -2.35. The Kier molecular flexibility index (Phi) is 8.61. The van der Waals surface area contributed by atoms with Crippen molar-refractivity contribution in [3.63, 3.8) is 0 Å². The standard InChI is InChI=1S/C23H26F3N5O4/c1-2-35-20(32)8-5-11-27-21(33)18-9-10-19(29-28-18)30-12-14-31(15-13-30)22(34)16-6-3-4-7-17(16)23(24,25)26/h3-4,6-7,9-10H,2,5,8,11-15H2,1H3,(H,27,33). The highest BCUT2D eigenvalue weighted by molar-refractivity contribution is 5.96. The van der Waals surface area contributed by atoms with Crippen molar-refractivity contribution in [3.05, 3.63) is 53.2 Å². The molecule has 1 aromatic heterocycles. The van der Waals surface area contributed by atoms with E-state index >= 15 is 0 Å².